The highest BCUT2D eigenvalue weighted by Crippen LogP contribution is 2.23. The fourth-order valence-electron chi connectivity index (χ4n) is 1.41. The second-order valence-corrected chi connectivity index (χ2v) is 4.49. The Morgan fingerprint density at radius 2 is 2.08 bits per heavy atom. The number of rotatable bonds is 0. The molecule has 2 heteroatoms. The Labute approximate surface area is 78.7 Å². The van der Waals surface area contributed by atoms with E-state index in [1.165, 1.54) is 11.1 Å². The molecule has 0 atom stereocenters. The van der Waals surface area contributed by atoms with Crippen molar-refractivity contribution in [3.63, 3.8) is 0 Å². The molecule has 0 bridgehead atoms. The fourth-order valence-corrected chi connectivity index (χ4v) is 1.41. The van der Waals surface area contributed by atoms with Gasteiger partial charge in [0.05, 0.1) is 6.54 Å². The van der Waals surface area contributed by atoms with E-state index in [4.69, 9.17) is 0 Å². The van der Waals surface area contributed by atoms with Crippen LogP contribution in [0.25, 0.3) is 0 Å². The van der Waals surface area contributed by atoms with Crippen LogP contribution in [0.4, 0.5) is 0 Å². The van der Waals surface area contributed by atoms with Crippen LogP contribution in [0.3, 0.4) is 0 Å². The van der Waals surface area contributed by atoms with E-state index < -0.39 is 0 Å². The van der Waals surface area contributed by atoms with Gasteiger partial charge in [0.15, 0.2) is 0 Å². The van der Waals surface area contributed by atoms with Gasteiger partial charge in [-0.3, -0.25) is 9.98 Å². The molecule has 1 aliphatic heterocycles. The molecule has 13 heavy (non-hydrogen) atoms. The molecule has 1 aliphatic rings. The van der Waals surface area contributed by atoms with Gasteiger partial charge in [-0.15, -0.1) is 0 Å². The molecule has 0 unspecified atom stereocenters. The van der Waals surface area contributed by atoms with E-state index in [0.717, 1.165) is 12.2 Å². The number of nitrogens with zero attached hydrogens (tertiary/aromatic N) is 2. The highest BCUT2D eigenvalue weighted by atomic mass is 14.8. The zero-order chi connectivity index (χ0) is 9.47. The van der Waals surface area contributed by atoms with Gasteiger partial charge in [0.25, 0.3) is 0 Å². The molecule has 0 saturated carbocycles. The van der Waals surface area contributed by atoms with Gasteiger partial charge in [0, 0.05) is 29.1 Å². The van der Waals surface area contributed by atoms with Crippen LogP contribution in [0.15, 0.2) is 17.3 Å². The Bertz CT molecular complexity index is 359. The fraction of sp³-hybridized carbons (Fsp3) is 0.455. The minimum absolute atomic E-state index is 0.137. The van der Waals surface area contributed by atoms with Crippen molar-refractivity contribution >= 4 is 6.21 Å². The average Bonchev–Trinajstić information content (AvgIpc) is 2.47. The van der Waals surface area contributed by atoms with E-state index in [1.54, 1.807) is 0 Å². The van der Waals surface area contributed by atoms with Crippen LogP contribution >= 0.6 is 0 Å². The van der Waals surface area contributed by atoms with Crippen LogP contribution in [0.1, 0.15) is 37.6 Å². The van der Waals surface area contributed by atoms with Crippen molar-refractivity contribution in [2.45, 2.75) is 32.7 Å². The third kappa shape index (κ3) is 1.48. The highest BCUT2D eigenvalue weighted by Gasteiger charge is 2.17. The van der Waals surface area contributed by atoms with E-state index in [0.29, 0.717) is 0 Å². The summed E-state index contributed by atoms with van der Waals surface area (Å²) in [6, 6.07) is 2.17. The molecule has 0 fully saturated rings. The Balaban J connectivity index is 2.45. The van der Waals surface area contributed by atoms with Crippen LogP contribution in [-0.2, 0) is 12.0 Å². The van der Waals surface area contributed by atoms with Crippen molar-refractivity contribution in [3.05, 3.63) is 29.1 Å². The molecule has 2 nitrogen and oxygen atoms in total. The predicted octanol–water partition coefficient (Wildman–Crippen LogP) is 2.31. The maximum atomic E-state index is 4.43. The molecule has 2 heterocycles. The topological polar surface area (TPSA) is 25.2 Å². The third-order valence-corrected chi connectivity index (χ3v) is 2.28. The van der Waals surface area contributed by atoms with E-state index in [1.807, 2.05) is 12.4 Å². The van der Waals surface area contributed by atoms with E-state index in [9.17, 15) is 0 Å². The van der Waals surface area contributed by atoms with Crippen LogP contribution in [0, 0.1) is 0 Å². The van der Waals surface area contributed by atoms with Crippen molar-refractivity contribution in [2.24, 2.45) is 4.99 Å². The van der Waals surface area contributed by atoms with Gasteiger partial charge in [-0.25, -0.2) is 0 Å². The number of hydrogen-bond donors (Lipinski definition) is 0. The first-order valence-electron chi connectivity index (χ1n) is 4.56. The van der Waals surface area contributed by atoms with E-state index >= 15 is 0 Å². The Morgan fingerprint density at radius 1 is 1.31 bits per heavy atom. The molecular formula is C11H14N2. The lowest BCUT2D eigenvalue weighted by Gasteiger charge is -2.18. The summed E-state index contributed by atoms with van der Waals surface area (Å²) in [5.74, 6) is 0. The van der Waals surface area contributed by atoms with Gasteiger partial charge in [0.1, 0.15) is 0 Å². The third-order valence-electron chi connectivity index (χ3n) is 2.28. The average molecular weight is 174 g/mol. The minimum Gasteiger partial charge on any atom is -0.288 e. The lowest BCUT2D eigenvalue weighted by Crippen LogP contribution is -2.13. The summed E-state index contributed by atoms with van der Waals surface area (Å²) in [5, 5.41) is 0. The molecule has 0 aliphatic carbocycles. The minimum atomic E-state index is 0.137. The quantitative estimate of drug-likeness (QED) is 0.592. The highest BCUT2D eigenvalue weighted by molar-refractivity contribution is 5.83. The first-order chi connectivity index (χ1) is 6.07. The predicted molar refractivity (Wildman–Crippen MR) is 54.2 cm³/mol. The van der Waals surface area contributed by atoms with Crippen molar-refractivity contribution in [2.75, 3.05) is 0 Å². The summed E-state index contributed by atoms with van der Waals surface area (Å²) in [4.78, 5) is 8.64. The number of pyridine rings is 1. The molecular weight excluding hydrogens is 160 g/mol. The van der Waals surface area contributed by atoms with E-state index in [-0.39, 0.29) is 5.41 Å². The standard InChI is InChI=1S/C11H14N2/c1-11(2,3)10-4-8-5-12-6-9(8)7-13-10/h4,6-7H,5H2,1-3H3. The van der Waals surface area contributed by atoms with Gasteiger partial charge >= 0.3 is 0 Å². The molecule has 2 rings (SSSR count). The van der Waals surface area contributed by atoms with Gasteiger partial charge < -0.3 is 0 Å². The summed E-state index contributed by atoms with van der Waals surface area (Å²) in [6.45, 7) is 7.35. The molecule has 0 radical (unpaired) electrons. The SMILES string of the molecule is CC(C)(C)c1cc2c(cn1)C=NC2. The maximum absolute atomic E-state index is 4.43. The van der Waals surface area contributed by atoms with Gasteiger partial charge in [0.2, 0.25) is 0 Å². The number of aromatic nitrogens is 1. The second kappa shape index (κ2) is 2.66. The number of fused-ring (bicyclic) bond motifs is 1. The molecule has 0 saturated heterocycles. The molecule has 0 amide bonds. The summed E-state index contributed by atoms with van der Waals surface area (Å²) in [7, 11) is 0. The maximum Gasteiger partial charge on any atom is 0.0647 e. The Morgan fingerprint density at radius 3 is 2.77 bits per heavy atom. The monoisotopic (exact) mass is 174 g/mol. The summed E-state index contributed by atoms with van der Waals surface area (Å²) in [6.07, 6.45) is 3.82. The zero-order valence-electron chi connectivity index (χ0n) is 8.33. The van der Waals surface area contributed by atoms with Crippen molar-refractivity contribution < 1.29 is 0 Å². The smallest absolute Gasteiger partial charge is 0.0647 e. The van der Waals surface area contributed by atoms with Gasteiger partial charge in [-0.05, 0) is 11.6 Å². The second-order valence-electron chi connectivity index (χ2n) is 4.49. The zero-order valence-corrected chi connectivity index (χ0v) is 8.33. The molecule has 0 aromatic carbocycles. The number of hydrogen-bond acceptors (Lipinski definition) is 2. The van der Waals surface area contributed by atoms with Crippen LogP contribution in [0.2, 0.25) is 0 Å². The molecule has 1 aromatic heterocycles. The summed E-state index contributed by atoms with van der Waals surface area (Å²) in [5.41, 5.74) is 3.77. The molecule has 68 valence electrons. The Hall–Kier alpha value is -1.18. The lowest BCUT2D eigenvalue weighted by molar-refractivity contribution is 0.568. The van der Waals surface area contributed by atoms with Crippen LogP contribution in [0.5, 0.6) is 0 Å². The first kappa shape index (κ1) is 8.42. The molecule has 0 spiro atoms. The largest absolute Gasteiger partial charge is 0.288 e. The lowest BCUT2D eigenvalue weighted by atomic mass is 9.90. The van der Waals surface area contributed by atoms with Crippen molar-refractivity contribution in [3.8, 4) is 0 Å². The summed E-state index contributed by atoms with van der Waals surface area (Å²) < 4.78 is 0. The normalized spacial score (nSPS) is 14.7. The van der Waals surface area contributed by atoms with Gasteiger partial charge in [-0.1, -0.05) is 20.8 Å². The number of aliphatic imine (C=N–C) groups is 1. The van der Waals surface area contributed by atoms with Crippen molar-refractivity contribution in [1.82, 2.24) is 4.98 Å². The first-order valence-corrected chi connectivity index (χ1v) is 4.56. The van der Waals surface area contributed by atoms with Gasteiger partial charge in [-0.2, -0.15) is 0 Å². The molecule has 0 N–H and O–H groups in total. The Kier molecular flexibility index (Phi) is 1.72. The van der Waals surface area contributed by atoms with E-state index in [2.05, 4.69) is 36.8 Å². The molecule has 1 aromatic rings. The van der Waals surface area contributed by atoms with Crippen LogP contribution in [-0.4, -0.2) is 11.2 Å². The van der Waals surface area contributed by atoms with Crippen LogP contribution < -0.4 is 0 Å². The van der Waals surface area contributed by atoms with Crippen molar-refractivity contribution in [1.29, 1.82) is 0 Å². The summed E-state index contributed by atoms with van der Waals surface area (Å²) >= 11 is 0.